The van der Waals surface area contributed by atoms with Crippen molar-refractivity contribution in [2.45, 2.75) is 31.9 Å². The van der Waals surface area contributed by atoms with E-state index >= 15 is 0 Å². The minimum absolute atomic E-state index is 0.0348. The zero-order valence-electron chi connectivity index (χ0n) is 16.8. The van der Waals surface area contributed by atoms with E-state index in [2.05, 4.69) is 32.3 Å². The molecule has 1 N–H and O–H groups in total. The Balaban J connectivity index is 1.20. The lowest BCUT2D eigenvalue weighted by Crippen LogP contribution is -2.50. The molecule has 1 aromatic carbocycles. The number of nitrogens with zero attached hydrogens (tertiary/aromatic N) is 3. The van der Waals surface area contributed by atoms with Gasteiger partial charge in [-0.05, 0) is 54.7 Å². The van der Waals surface area contributed by atoms with E-state index in [4.69, 9.17) is 0 Å². The molecule has 0 spiro atoms. The molecular weight excluding hydrogens is 399 g/mol. The highest BCUT2D eigenvalue weighted by Crippen LogP contribution is 2.32. The standard InChI is InChI=1S/C23H25FN4OS/c24-20-12-28(13-20)11-15-1-3-16(4-2-15)23(29)27-22-8-19-7-17(21-10-25-14-30-21)5-6-18(19)9-26-22/h5-10,14-16,20H,1-4,11-13H2,(H,26,27,29). The van der Waals surface area contributed by atoms with Crippen LogP contribution in [0.15, 0.2) is 42.2 Å². The summed E-state index contributed by atoms with van der Waals surface area (Å²) in [5, 5.41) is 5.12. The van der Waals surface area contributed by atoms with Gasteiger partial charge >= 0.3 is 0 Å². The van der Waals surface area contributed by atoms with Gasteiger partial charge in [0.1, 0.15) is 12.0 Å². The van der Waals surface area contributed by atoms with Gasteiger partial charge in [-0.15, -0.1) is 11.3 Å². The van der Waals surface area contributed by atoms with Crippen LogP contribution in [0.1, 0.15) is 25.7 Å². The Bertz CT molecular complexity index is 1030. The Hall–Kier alpha value is -2.38. The molecule has 156 valence electrons. The van der Waals surface area contributed by atoms with Gasteiger partial charge in [0.05, 0.1) is 10.4 Å². The molecule has 2 aromatic heterocycles. The summed E-state index contributed by atoms with van der Waals surface area (Å²) in [5.41, 5.74) is 2.95. The highest BCUT2D eigenvalue weighted by Gasteiger charge is 2.31. The maximum atomic E-state index is 13.0. The minimum atomic E-state index is -0.639. The second-order valence-corrected chi connectivity index (χ2v) is 9.41. The normalized spacial score (nSPS) is 22.7. The van der Waals surface area contributed by atoms with Crippen LogP contribution in [-0.2, 0) is 4.79 Å². The van der Waals surface area contributed by atoms with Crippen LogP contribution < -0.4 is 5.32 Å². The molecule has 5 nitrogen and oxygen atoms in total. The minimum Gasteiger partial charge on any atom is -0.310 e. The van der Waals surface area contributed by atoms with Gasteiger partial charge in [-0.3, -0.25) is 14.7 Å². The van der Waals surface area contributed by atoms with Crippen LogP contribution in [0.5, 0.6) is 0 Å². The Labute approximate surface area is 179 Å². The van der Waals surface area contributed by atoms with Crippen LogP contribution >= 0.6 is 11.3 Å². The fraction of sp³-hybridized carbons (Fsp3) is 0.435. The van der Waals surface area contributed by atoms with Gasteiger partial charge in [0.25, 0.3) is 0 Å². The predicted molar refractivity (Wildman–Crippen MR) is 118 cm³/mol. The smallest absolute Gasteiger partial charge is 0.228 e. The maximum absolute atomic E-state index is 13.0. The summed E-state index contributed by atoms with van der Waals surface area (Å²) in [4.78, 5) is 24.7. The number of fused-ring (bicyclic) bond motifs is 1. The number of hydrogen-bond acceptors (Lipinski definition) is 5. The summed E-state index contributed by atoms with van der Waals surface area (Å²) in [6, 6.07) is 8.18. The average molecular weight is 425 g/mol. The summed E-state index contributed by atoms with van der Waals surface area (Å²) < 4.78 is 13.0. The zero-order chi connectivity index (χ0) is 20.5. The Kier molecular flexibility index (Phi) is 5.48. The van der Waals surface area contributed by atoms with Crippen molar-refractivity contribution in [1.29, 1.82) is 0 Å². The van der Waals surface area contributed by atoms with E-state index in [1.807, 2.05) is 30.0 Å². The number of halogens is 1. The molecule has 2 aliphatic rings. The van der Waals surface area contributed by atoms with Gasteiger partial charge in [-0.1, -0.05) is 12.1 Å². The topological polar surface area (TPSA) is 58.1 Å². The largest absolute Gasteiger partial charge is 0.310 e. The number of carbonyl (C=O) groups excluding carboxylic acids is 1. The molecular formula is C23H25FN4OS. The predicted octanol–water partition coefficient (Wildman–Crippen LogP) is 4.76. The molecule has 1 aliphatic heterocycles. The first-order valence-corrected chi connectivity index (χ1v) is 11.5. The number of alkyl halides is 1. The number of carbonyl (C=O) groups is 1. The SMILES string of the molecule is O=C(Nc1cc2cc(-c3cncs3)ccc2cn1)C1CCC(CN2CC(F)C2)CC1. The van der Waals surface area contributed by atoms with Crippen molar-refractivity contribution in [2.75, 3.05) is 25.0 Å². The van der Waals surface area contributed by atoms with Crippen LogP contribution in [0, 0.1) is 11.8 Å². The number of rotatable bonds is 5. The molecule has 0 radical (unpaired) electrons. The van der Waals surface area contributed by atoms with Gasteiger partial charge in [0, 0.05) is 43.3 Å². The highest BCUT2D eigenvalue weighted by atomic mass is 32.1. The lowest BCUT2D eigenvalue weighted by Gasteiger charge is -2.38. The first-order chi connectivity index (χ1) is 14.6. The van der Waals surface area contributed by atoms with Crippen molar-refractivity contribution in [3.8, 4) is 10.4 Å². The number of anilines is 1. The van der Waals surface area contributed by atoms with Crippen molar-refractivity contribution in [3.05, 3.63) is 42.2 Å². The average Bonchev–Trinajstić information content (AvgIpc) is 3.27. The van der Waals surface area contributed by atoms with Crippen molar-refractivity contribution < 1.29 is 9.18 Å². The van der Waals surface area contributed by atoms with Crippen LogP contribution in [-0.4, -0.2) is 46.6 Å². The quantitative estimate of drug-likeness (QED) is 0.642. The highest BCUT2D eigenvalue weighted by molar-refractivity contribution is 7.13. The molecule has 3 aromatic rings. The molecule has 3 heterocycles. The molecule has 1 amide bonds. The molecule has 5 rings (SSSR count). The molecule has 7 heteroatoms. The Morgan fingerprint density at radius 3 is 2.70 bits per heavy atom. The number of pyridine rings is 1. The van der Waals surface area contributed by atoms with Crippen LogP contribution in [0.3, 0.4) is 0 Å². The number of benzene rings is 1. The van der Waals surface area contributed by atoms with E-state index in [0.717, 1.165) is 53.4 Å². The second-order valence-electron chi connectivity index (χ2n) is 8.52. The van der Waals surface area contributed by atoms with E-state index < -0.39 is 6.17 Å². The summed E-state index contributed by atoms with van der Waals surface area (Å²) in [6.45, 7) is 2.14. The summed E-state index contributed by atoms with van der Waals surface area (Å²) >= 11 is 1.61. The lowest BCUT2D eigenvalue weighted by molar-refractivity contribution is -0.121. The molecule has 1 aliphatic carbocycles. The molecule has 0 atom stereocenters. The van der Waals surface area contributed by atoms with Gasteiger partial charge in [-0.25, -0.2) is 9.37 Å². The lowest BCUT2D eigenvalue weighted by atomic mass is 9.81. The van der Waals surface area contributed by atoms with Gasteiger partial charge in [0.2, 0.25) is 5.91 Å². The van der Waals surface area contributed by atoms with E-state index in [9.17, 15) is 9.18 Å². The molecule has 1 saturated carbocycles. The fourth-order valence-electron chi connectivity index (χ4n) is 4.58. The zero-order valence-corrected chi connectivity index (χ0v) is 17.6. The van der Waals surface area contributed by atoms with Crippen LogP contribution in [0.25, 0.3) is 21.2 Å². The third kappa shape index (κ3) is 4.23. The number of aromatic nitrogens is 2. The van der Waals surface area contributed by atoms with Crippen molar-refractivity contribution in [3.63, 3.8) is 0 Å². The van der Waals surface area contributed by atoms with Crippen molar-refractivity contribution >= 4 is 33.8 Å². The van der Waals surface area contributed by atoms with Crippen LogP contribution in [0.4, 0.5) is 10.2 Å². The van der Waals surface area contributed by atoms with Gasteiger partial charge in [-0.2, -0.15) is 0 Å². The van der Waals surface area contributed by atoms with Gasteiger partial charge in [0.15, 0.2) is 0 Å². The summed E-state index contributed by atoms with van der Waals surface area (Å²) in [6.07, 6.45) is 6.90. The van der Waals surface area contributed by atoms with Crippen molar-refractivity contribution in [1.82, 2.24) is 14.9 Å². The van der Waals surface area contributed by atoms with E-state index in [-0.39, 0.29) is 11.8 Å². The Morgan fingerprint density at radius 2 is 1.97 bits per heavy atom. The maximum Gasteiger partial charge on any atom is 0.228 e. The number of thiazole rings is 1. The number of amides is 1. The van der Waals surface area contributed by atoms with Gasteiger partial charge < -0.3 is 5.32 Å². The van der Waals surface area contributed by atoms with E-state index in [1.165, 1.54) is 0 Å². The third-order valence-corrected chi connectivity index (χ3v) is 7.16. The molecule has 0 bridgehead atoms. The first kappa shape index (κ1) is 19.6. The second kappa shape index (κ2) is 8.40. The number of nitrogens with one attached hydrogen (secondary N) is 1. The molecule has 2 fully saturated rings. The number of likely N-dealkylation sites (tertiary alicyclic amines) is 1. The third-order valence-electron chi connectivity index (χ3n) is 6.34. The first-order valence-electron chi connectivity index (χ1n) is 10.6. The molecule has 0 unspecified atom stereocenters. The Morgan fingerprint density at radius 1 is 1.13 bits per heavy atom. The van der Waals surface area contributed by atoms with Crippen molar-refractivity contribution in [2.24, 2.45) is 11.8 Å². The van der Waals surface area contributed by atoms with Crippen LogP contribution in [0.2, 0.25) is 0 Å². The fourth-order valence-corrected chi connectivity index (χ4v) is 5.20. The summed E-state index contributed by atoms with van der Waals surface area (Å²) in [7, 11) is 0. The van der Waals surface area contributed by atoms with E-state index in [0.29, 0.717) is 24.8 Å². The molecule has 1 saturated heterocycles. The van der Waals surface area contributed by atoms with E-state index in [1.54, 1.807) is 11.3 Å². The number of hydrogen-bond donors (Lipinski definition) is 1. The monoisotopic (exact) mass is 424 g/mol. The molecule has 30 heavy (non-hydrogen) atoms. The summed E-state index contributed by atoms with van der Waals surface area (Å²) in [5.74, 6) is 1.29.